The lowest BCUT2D eigenvalue weighted by molar-refractivity contribution is 0.623. The fourth-order valence-electron chi connectivity index (χ4n) is 1.27. The summed E-state index contributed by atoms with van der Waals surface area (Å²) in [5.74, 6) is 0. The van der Waals surface area contributed by atoms with Gasteiger partial charge in [0, 0.05) is 24.5 Å². The Balaban J connectivity index is 2.58. The van der Waals surface area contributed by atoms with Crippen LogP contribution in [0.5, 0.6) is 0 Å². The van der Waals surface area contributed by atoms with E-state index in [-0.39, 0.29) is 0 Å². The molecule has 0 saturated heterocycles. The molecule has 0 saturated carbocycles. The Morgan fingerprint density at radius 3 is 2.73 bits per heavy atom. The molecule has 1 aromatic rings. The van der Waals surface area contributed by atoms with Crippen LogP contribution >= 0.6 is 0 Å². The zero-order chi connectivity index (χ0) is 11.3. The van der Waals surface area contributed by atoms with Crippen LogP contribution in [-0.2, 0) is 0 Å². The Bertz CT molecular complexity index is 323. The maximum absolute atomic E-state index is 4.26. The van der Waals surface area contributed by atoms with E-state index in [9.17, 15) is 0 Å². The predicted molar refractivity (Wildman–Crippen MR) is 65.8 cm³/mol. The fraction of sp³-hybridized carbons (Fsp3) is 0.462. The van der Waals surface area contributed by atoms with Gasteiger partial charge >= 0.3 is 0 Å². The summed E-state index contributed by atoms with van der Waals surface area (Å²) in [6, 6.07) is 4.67. The van der Waals surface area contributed by atoms with Crippen molar-refractivity contribution in [1.29, 1.82) is 0 Å². The van der Waals surface area contributed by atoms with Gasteiger partial charge in [0.2, 0.25) is 0 Å². The van der Waals surface area contributed by atoms with E-state index in [2.05, 4.69) is 43.2 Å². The van der Waals surface area contributed by atoms with Crippen LogP contribution in [0.4, 0.5) is 0 Å². The average molecular weight is 204 g/mol. The number of hydrogen-bond donors (Lipinski definition) is 1. The van der Waals surface area contributed by atoms with Crippen LogP contribution in [0.3, 0.4) is 0 Å². The summed E-state index contributed by atoms with van der Waals surface area (Å²) in [6.45, 7) is 9.38. The molecular formula is C13H20N2. The first-order valence-corrected chi connectivity index (χ1v) is 5.41. The van der Waals surface area contributed by atoms with Gasteiger partial charge < -0.3 is 5.32 Å². The molecule has 0 bridgehead atoms. The molecule has 0 fully saturated rings. The molecule has 2 heteroatoms. The molecule has 0 atom stereocenters. The van der Waals surface area contributed by atoms with Gasteiger partial charge in [0.05, 0.1) is 0 Å². The summed E-state index contributed by atoms with van der Waals surface area (Å²) in [4.78, 5) is 4.26. The van der Waals surface area contributed by atoms with E-state index >= 15 is 0 Å². The molecule has 0 spiro atoms. The highest BCUT2D eigenvalue weighted by molar-refractivity contribution is 5.51. The Labute approximate surface area is 92.4 Å². The van der Waals surface area contributed by atoms with Crippen molar-refractivity contribution < 1.29 is 0 Å². The van der Waals surface area contributed by atoms with Gasteiger partial charge in [-0.15, -0.1) is 0 Å². The number of rotatable bonds is 4. The van der Waals surface area contributed by atoms with Crippen LogP contribution in [-0.4, -0.2) is 17.6 Å². The zero-order valence-electron chi connectivity index (χ0n) is 10.0. The maximum atomic E-state index is 4.26. The summed E-state index contributed by atoms with van der Waals surface area (Å²) >= 11 is 0. The SMILES string of the molecule is C/C(=C\c1ccc(C)nc1)CNC(C)C. The number of nitrogens with zero attached hydrogens (tertiary/aromatic N) is 1. The van der Waals surface area contributed by atoms with Crippen LogP contribution in [0.25, 0.3) is 6.08 Å². The van der Waals surface area contributed by atoms with Gasteiger partial charge in [0.25, 0.3) is 0 Å². The van der Waals surface area contributed by atoms with E-state index in [0.29, 0.717) is 6.04 Å². The second kappa shape index (κ2) is 5.66. The molecular weight excluding hydrogens is 184 g/mol. The molecule has 1 rings (SSSR count). The van der Waals surface area contributed by atoms with Gasteiger partial charge in [-0.3, -0.25) is 4.98 Å². The molecule has 15 heavy (non-hydrogen) atoms. The fourth-order valence-corrected chi connectivity index (χ4v) is 1.27. The first-order chi connectivity index (χ1) is 7.08. The highest BCUT2D eigenvalue weighted by Gasteiger charge is 1.94. The molecule has 0 aromatic carbocycles. The number of pyridine rings is 1. The third-order valence-electron chi connectivity index (χ3n) is 2.14. The highest BCUT2D eigenvalue weighted by Crippen LogP contribution is 2.05. The van der Waals surface area contributed by atoms with Crippen molar-refractivity contribution in [3.8, 4) is 0 Å². The Hall–Kier alpha value is -1.15. The lowest BCUT2D eigenvalue weighted by Crippen LogP contribution is -2.24. The first kappa shape index (κ1) is 11.9. The number of aromatic nitrogens is 1. The number of aryl methyl sites for hydroxylation is 1. The molecule has 0 aliphatic heterocycles. The van der Waals surface area contributed by atoms with Gasteiger partial charge in [-0.05, 0) is 25.5 Å². The summed E-state index contributed by atoms with van der Waals surface area (Å²) in [7, 11) is 0. The van der Waals surface area contributed by atoms with Crippen LogP contribution < -0.4 is 5.32 Å². The zero-order valence-corrected chi connectivity index (χ0v) is 10.0. The molecule has 2 nitrogen and oxygen atoms in total. The van der Waals surface area contributed by atoms with Crippen molar-refractivity contribution in [2.75, 3.05) is 6.54 Å². The minimum Gasteiger partial charge on any atom is -0.311 e. The van der Waals surface area contributed by atoms with E-state index in [1.54, 1.807) is 0 Å². The van der Waals surface area contributed by atoms with E-state index in [1.165, 1.54) is 11.1 Å². The first-order valence-electron chi connectivity index (χ1n) is 5.41. The Morgan fingerprint density at radius 2 is 2.20 bits per heavy atom. The van der Waals surface area contributed by atoms with Crippen molar-refractivity contribution in [1.82, 2.24) is 10.3 Å². The number of nitrogens with one attached hydrogen (secondary N) is 1. The largest absolute Gasteiger partial charge is 0.311 e. The smallest absolute Gasteiger partial charge is 0.0373 e. The Morgan fingerprint density at radius 1 is 1.47 bits per heavy atom. The molecule has 82 valence electrons. The summed E-state index contributed by atoms with van der Waals surface area (Å²) in [5.41, 5.74) is 3.56. The van der Waals surface area contributed by atoms with Crippen molar-refractivity contribution in [2.24, 2.45) is 0 Å². The van der Waals surface area contributed by atoms with Gasteiger partial charge in [-0.1, -0.05) is 31.6 Å². The maximum Gasteiger partial charge on any atom is 0.0373 e. The minimum absolute atomic E-state index is 0.532. The summed E-state index contributed by atoms with van der Waals surface area (Å²) < 4.78 is 0. The summed E-state index contributed by atoms with van der Waals surface area (Å²) in [6.07, 6.45) is 4.08. The average Bonchev–Trinajstić information content (AvgIpc) is 2.19. The quantitative estimate of drug-likeness (QED) is 0.815. The van der Waals surface area contributed by atoms with Gasteiger partial charge in [0.1, 0.15) is 0 Å². The molecule has 0 amide bonds. The molecule has 0 aliphatic carbocycles. The molecule has 0 radical (unpaired) electrons. The topological polar surface area (TPSA) is 24.9 Å². The van der Waals surface area contributed by atoms with Crippen molar-refractivity contribution in [3.63, 3.8) is 0 Å². The second-order valence-corrected chi connectivity index (χ2v) is 4.26. The van der Waals surface area contributed by atoms with Crippen LogP contribution in [0.2, 0.25) is 0 Å². The van der Waals surface area contributed by atoms with E-state index in [1.807, 2.05) is 19.2 Å². The molecule has 0 unspecified atom stereocenters. The van der Waals surface area contributed by atoms with Gasteiger partial charge in [0.15, 0.2) is 0 Å². The van der Waals surface area contributed by atoms with Crippen molar-refractivity contribution in [2.45, 2.75) is 33.7 Å². The Kier molecular flexibility index (Phi) is 4.50. The van der Waals surface area contributed by atoms with Gasteiger partial charge in [-0.2, -0.15) is 0 Å². The lowest BCUT2D eigenvalue weighted by atomic mass is 10.1. The lowest BCUT2D eigenvalue weighted by Gasteiger charge is -2.08. The number of hydrogen-bond acceptors (Lipinski definition) is 2. The monoisotopic (exact) mass is 204 g/mol. The van der Waals surface area contributed by atoms with E-state index in [4.69, 9.17) is 0 Å². The standard InChI is InChI=1S/C13H20N2/c1-10(2)14-8-11(3)7-13-6-5-12(4)15-9-13/h5-7,9-10,14H,8H2,1-4H3/b11-7+. The van der Waals surface area contributed by atoms with E-state index < -0.39 is 0 Å². The molecule has 0 aliphatic rings. The summed E-state index contributed by atoms with van der Waals surface area (Å²) in [5, 5.41) is 3.39. The molecule has 1 heterocycles. The highest BCUT2D eigenvalue weighted by atomic mass is 14.9. The van der Waals surface area contributed by atoms with E-state index in [0.717, 1.165) is 12.2 Å². The van der Waals surface area contributed by atoms with Gasteiger partial charge in [-0.25, -0.2) is 0 Å². The van der Waals surface area contributed by atoms with Crippen molar-refractivity contribution >= 4 is 6.08 Å². The third-order valence-corrected chi connectivity index (χ3v) is 2.14. The minimum atomic E-state index is 0.532. The molecule has 1 aromatic heterocycles. The van der Waals surface area contributed by atoms with Crippen LogP contribution in [0.15, 0.2) is 23.9 Å². The third kappa shape index (κ3) is 4.75. The predicted octanol–water partition coefficient (Wildman–Crippen LogP) is 2.79. The van der Waals surface area contributed by atoms with Crippen molar-refractivity contribution in [3.05, 3.63) is 35.2 Å². The van der Waals surface area contributed by atoms with Crippen LogP contribution in [0, 0.1) is 6.92 Å². The van der Waals surface area contributed by atoms with Crippen LogP contribution in [0.1, 0.15) is 32.0 Å². The second-order valence-electron chi connectivity index (χ2n) is 4.26. The molecule has 1 N–H and O–H groups in total. The normalized spacial score (nSPS) is 12.2.